The van der Waals surface area contributed by atoms with Gasteiger partial charge in [-0.1, -0.05) is 0 Å². The SMILES string of the molecule is Cc1ccn2c(CC(N)C(=O)O)c(-c3ccc([N+](=O)[O-])cc3)nc2c1. The highest BCUT2D eigenvalue weighted by molar-refractivity contribution is 5.75. The van der Waals surface area contributed by atoms with Crippen molar-refractivity contribution in [3.63, 3.8) is 0 Å². The average molecular weight is 340 g/mol. The molecule has 0 saturated heterocycles. The van der Waals surface area contributed by atoms with Crippen molar-refractivity contribution in [2.45, 2.75) is 19.4 Å². The molecule has 0 fully saturated rings. The summed E-state index contributed by atoms with van der Waals surface area (Å²) in [6, 6.07) is 8.69. The number of rotatable bonds is 5. The number of carboxylic acids is 1. The van der Waals surface area contributed by atoms with Gasteiger partial charge in [-0.3, -0.25) is 14.9 Å². The van der Waals surface area contributed by atoms with Crippen molar-refractivity contribution >= 4 is 17.3 Å². The summed E-state index contributed by atoms with van der Waals surface area (Å²) in [7, 11) is 0. The topological polar surface area (TPSA) is 124 Å². The molecule has 3 N–H and O–H groups in total. The summed E-state index contributed by atoms with van der Waals surface area (Å²) < 4.78 is 1.80. The van der Waals surface area contributed by atoms with Gasteiger partial charge < -0.3 is 15.2 Å². The van der Waals surface area contributed by atoms with Gasteiger partial charge in [-0.25, -0.2) is 4.98 Å². The third-order valence-electron chi connectivity index (χ3n) is 3.96. The molecular weight excluding hydrogens is 324 g/mol. The van der Waals surface area contributed by atoms with Gasteiger partial charge in [0.25, 0.3) is 5.69 Å². The molecule has 0 aliphatic rings. The van der Waals surface area contributed by atoms with Crippen LogP contribution in [0, 0.1) is 17.0 Å². The van der Waals surface area contributed by atoms with Crippen LogP contribution in [0.4, 0.5) is 5.69 Å². The Bertz CT molecular complexity index is 963. The molecule has 1 atom stereocenters. The van der Waals surface area contributed by atoms with E-state index in [1.54, 1.807) is 16.5 Å². The Morgan fingerprint density at radius 1 is 1.36 bits per heavy atom. The molecule has 25 heavy (non-hydrogen) atoms. The highest BCUT2D eigenvalue weighted by atomic mass is 16.6. The maximum Gasteiger partial charge on any atom is 0.320 e. The first-order valence-electron chi connectivity index (χ1n) is 7.57. The number of aryl methyl sites for hydroxylation is 1. The Hall–Kier alpha value is -3.26. The largest absolute Gasteiger partial charge is 0.480 e. The summed E-state index contributed by atoms with van der Waals surface area (Å²) >= 11 is 0. The van der Waals surface area contributed by atoms with Crippen LogP contribution in [0.2, 0.25) is 0 Å². The Morgan fingerprint density at radius 3 is 2.64 bits per heavy atom. The minimum Gasteiger partial charge on any atom is -0.480 e. The second-order valence-corrected chi connectivity index (χ2v) is 5.79. The summed E-state index contributed by atoms with van der Waals surface area (Å²) in [5.41, 5.74) is 9.26. The number of aliphatic carboxylic acids is 1. The minimum absolute atomic E-state index is 0.0212. The van der Waals surface area contributed by atoms with Gasteiger partial charge in [-0.15, -0.1) is 0 Å². The number of hydrogen-bond acceptors (Lipinski definition) is 5. The quantitative estimate of drug-likeness (QED) is 0.542. The third-order valence-corrected chi connectivity index (χ3v) is 3.96. The van der Waals surface area contributed by atoms with Gasteiger partial charge in [0.05, 0.1) is 16.3 Å². The highest BCUT2D eigenvalue weighted by Gasteiger charge is 2.21. The number of carboxylic acid groups (broad SMARTS) is 1. The number of fused-ring (bicyclic) bond motifs is 1. The number of aromatic nitrogens is 2. The van der Waals surface area contributed by atoms with Crippen molar-refractivity contribution in [2.24, 2.45) is 5.73 Å². The van der Waals surface area contributed by atoms with Gasteiger partial charge in [0.1, 0.15) is 11.7 Å². The number of pyridine rings is 1. The Labute approximate surface area is 142 Å². The molecule has 0 saturated carbocycles. The molecule has 128 valence electrons. The lowest BCUT2D eigenvalue weighted by Gasteiger charge is -2.09. The van der Waals surface area contributed by atoms with E-state index in [2.05, 4.69) is 4.98 Å². The molecule has 1 aromatic carbocycles. The number of benzene rings is 1. The van der Waals surface area contributed by atoms with Crippen LogP contribution >= 0.6 is 0 Å². The molecule has 8 nitrogen and oxygen atoms in total. The van der Waals surface area contributed by atoms with Crippen molar-refractivity contribution in [3.05, 3.63) is 64.0 Å². The number of non-ortho nitro benzene ring substituents is 1. The van der Waals surface area contributed by atoms with E-state index in [1.165, 1.54) is 12.1 Å². The highest BCUT2D eigenvalue weighted by Crippen LogP contribution is 2.27. The minimum atomic E-state index is -1.10. The molecule has 0 aliphatic carbocycles. The van der Waals surface area contributed by atoms with E-state index in [0.29, 0.717) is 22.6 Å². The van der Waals surface area contributed by atoms with Crippen molar-refractivity contribution < 1.29 is 14.8 Å². The van der Waals surface area contributed by atoms with Crippen LogP contribution in [0.5, 0.6) is 0 Å². The van der Waals surface area contributed by atoms with Gasteiger partial charge in [-0.2, -0.15) is 0 Å². The summed E-state index contributed by atoms with van der Waals surface area (Å²) in [6.45, 7) is 1.93. The maximum atomic E-state index is 11.2. The smallest absolute Gasteiger partial charge is 0.320 e. The van der Waals surface area contributed by atoms with Crippen LogP contribution in [0.1, 0.15) is 11.3 Å². The van der Waals surface area contributed by atoms with Crippen LogP contribution in [0.15, 0.2) is 42.6 Å². The van der Waals surface area contributed by atoms with Gasteiger partial charge >= 0.3 is 5.97 Å². The monoisotopic (exact) mass is 340 g/mol. The summed E-state index contributed by atoms with van der Waals surface area (Å²) in [6.07, 6.45) is 1.91. The molecule has 8 heteroatoms. The summed E-state index contributed by atoms with van der Waals surface area (Å²) in [5.74, 6) is -1.10. The fourth-order valence-electron chi connectivity index (χ4n) is 2.66. The maximum absolute atomic E-state index is 11.2. The van der Waals surface area contributed by atoms with Crippen LogP contribution in [0.25, 0.3) is 16.9 Å². The number of nitrogens with zero attached hydrogens (tertiary/aromatic N) is 3. The molecule has 0 spiro atoms. The Kier molecular flexibility index (Phi) is 4.20. The van der Waals surface area contributed by atoms with Crippen LogP contribution in [-0.4, -0.2) is 31.4 Å². The van der Waals surface area contributed by atoms with Crippen molar-refractivity contribution in [1.29, 1.82) is 0 Å². The second kappa shape index (κ2) is 6.33. The van der Waals surface area contributed by atoms with E-state index in [1.807, 2.05) is 25.3 Å². The Morgan fingerprint density at radius 2 is 2.04 bits per heavy atom. The zero-order chi connectivity index (χ0) is 18.1. The third kappa shape index (κ3) is 3.20. The predicted octanol–water partition coefficient (Wildman–Crippen LogP) is 2.17. The lowest BCUT2D eigenvalue weighted by atomic mass is 10.1. The molecule has 2 heterocycles. The van der Waals surface area contributed by atoms with Crippen molar-refractivity contribution in [1.82, 2.24) is 9.38 Å². The summed E-state index contributed by atoms with van der Waals surface area (Å²) in [5, 5.41) is 19.9. The normalized spacial score (nSPS) is 12.2. The summed E-state index contributed by atoms with van der Waals surface area (Å²) in [4.78, 5) is 26.1. The average Bonchev–Trinajstić information content (AvgIpc) is 2.92. The fourth-order valence-corrected chi connectivity index (χ4v) is 2.66. The second-order valence-electron chi connectivity index (χ2n) is 5.79. The molecule has 3 aromatic rings. The van der Waals surface area contributed by atoms with Gasteiger partial charge in [0, 0.05) is 30.3 Å². The number of hydrogen-bond donors (Lipinski definition) is 2. The number of nitrogens with two attached hydrogens (primary N) is 1. The predicted molar refractivity (Wildman–Crippen MR) is 91.3 cm³/mol. The van der Waals surface area contributed by atoms with E-state index in [4.69, 9.17) is 10.8 Å². The molecule has 2 aromatic heterocycles. The molecule has 0 amide bonds. The zero-order valence-corrected chi connectivity index (χ0v) is 13.4. The van der Waals surface area contributed by atoms with E-state index >= 15 is 0 Å². The number of imidazole rings is 1. The van der Waals surface area contributed by atoms with Crippen LogP contribution in [-0.2, 0) is 11.2 Å². The molecule has 0 radical (unpaired) electrons. The van der Waals surface area contributed by atoms with Gasteiger partial charge in [0.15, 0.2) is 0 Å². The fraction of sp³-hybridized carbons (Fsp3) is 0.176. The van der Waals surface area contributed by atoms with Crippen molar-refractivity contribution in [2.75, 3.05) is 0 Å². The van der Waals surface area contributed by atoms with Gasteiger partial charge in [-0.05, 0) is 36.8 Å². The van der Waals surface area contributed by atoms with E-state index in [9.17, 15) is 14.9 Å². The van der Waals surface area contributed by atoms with Crippen molar-refractivity contribution in [3.8, 4) is 11.3 Å². The molecule has 3 rings (SSSR count). The van der Waals surface area contributed by atoms with Crippen LogP contribution < -0.4 is 5.73 Å². The lowest BCUT2D eigenvalue weighted by Crippen LogP contribution is -2.32. The zero-order valence-electron chi connectivity index (χ0n) is 13.4. The number of nitro groups is 1. The van der Waals surface area contributed by atoms with E-state index in [0.717, 1.165) is 5.56 Å². The van der Waals surface area contributed by atoms with E-state index in [-0.39, 0.29) is 12.1 Å². The number of nitro benzene ring substituents is 1. The molecular formula is C17H16N4O4. The van der Waals surface area contributed by atoms with Crippen LogP contribution in [0.3, 0.4) is 0 Å². The lowest BCUT2D eigenvalue weighted by molar-refractivity contribution is -0.384. The standard InChI is InChI=1S/C17H16N4O4/c1-10-6-7-20-14(9-13(18)17(22)23)16(19-15(20)8-10)11-2-4-12(5-3-11)21(24)25/h2-8,13H,9,18H2,1H3,(H,22,23). The first kappa shape index (κ1) is 16.6. The number of carbonyl (C=O) groups is 1. The first-order valence-corrected chi connectivity index (χ1v) is 7.57. The molecule has 0 bridgehead atoms. The van der Waals surface area contributed by atoms with E-state index < -0.39 is 16.9 Å². The van der Waals surface area contributed by atoms with Gasteiger partial charge in [0.2, 0.25) is 0 Å². The molecule has 1 unspecified atom stereocenters. The first-order chi connectivity index (χ1) is 11.9. The Balaban J connectivity index is 2.15. The molecule has 0 aliphatic heterocycles.